The molecule has 4 rings (SSSR count). The van der Waals surface area contributed by atoms with Gasteiger partial charge < -0.3 is 9.84 Å². The van der Waals surface area contributed by atoms with Gasteiger partial charge in [-0.3, -0.25) is 4.79 Å². The molecule has 0 aliphatic heterocycles. The van der Waals surface area contributed by atoms with Crippen LogP contribution in [0, 0.1) is 11.3 Å². The van der Waals surface area contributed by atoms with Gasteiger partial charge in [-0.05, 0) is 73.8 Å². The number of hydrogen-bond acceptors (Lipinski definition) is 2. The molecule has 3 nitrogen and oxygen atoms in total. The summed E-state index contributed by atoms with van der Waals surface area (Å²) >= 11 is 0. The van der Waals surface area contributed by atoms with E-state index in [1.165, 1.54) is 18.2 Å². The summed E-state index contributed by atoms with van der Waals surface area (Å²) in [6.45, 7) is 0. The van der Waals surface area contributed by atoms with Crippen molar-refractivity contribution in [3.8, 4) is 5.75 Å². The zero-order valence-electron chi connectivity index (χ0n) is 19.9. The highest BCUT2D eigenvalue weighted by atomic mass is 19.4. The van der Waals surface area contributed by atoms with Crippen molar-refractivity contribution >= 4 is 16.7 Å². The standard InChI is InChI=1S/C27H30F6O3/c28-26(29,30)18-7-9-19(10-8-18)36-22-12-11-20-17(5-4-6-21(20)23(22)27(31,32)33)13-16-25(24(34)35)14-2-1-3-15-25/h4-6,11-12,18-19H,1-3,7-10,13-16H2,(H,34,35). The van der Waals surface area contributed by atoms with Gasteiger partial charge in [0.1, 0.15) is 11.3 Å². The molecule has 0 atom stereocenters. The number of benzene rings is 2. The van der Waals surface area contributed by atoms with Crippen LogP contribution in [0.3, 0.4) is 0 Å². The van der Waals surface area contributed by atoms with E-state index in [1.54, 1.807) is 12.1 Å². The second kappa shape index (κ2) is 10.1. The number of carboxylic acid groups (broad SMARTS) is 1. The topological polar surface area (TPSA) is 46.5 Å². The van der Waals surface area contributed by atoms with Crippen molar-refractivity contribution < 1.29 is 41.0 Å². The molecular weight excluding hydrogens is 486 g/mol. The summed E-state index contributed by atoms with van der Waals surface area (Å²) < 4.78 is 87.2. The molecule has 0 saturated heterocycles. The molecule has 0 amide bonds. The minimum atomic E-state index is -4.73. The lowest BCUT2D eigenvalue weighted by molar-refractivity contribution is -0.185. The molecule has 1 N–H and O–H groups in total. The van der Waals surface area contributed by atoms with Crippen LogP contribution in [0.5, 0.6) is 5.75 Å². The minimum absolute atomic E-state index is 0.0385. The number of aliphatic carboxylic acids is 1. The average Bonchev–Trinajstić information content (AvgIpc) is 2.82. The molecule has 2 aromatic rings. The summed E-state index contributed by atoms with van der Waals surface area (Å²) in [5.41, 5.74) is -1.15. The summed E-state index contributed by atoms with van der Waals surface area (Å²) in [5, 5.41) is 10.2. The van der Waals surface area contributed by atoms with Gasteiger partial charge in [-0.25, -0.2) is 0 Å². The van der Waals surface area contributed by atoms with E-state index < -0.39 is 41.3 Å². The fourth-order valence-electron chi connectivity index (χ4n) is 5.87. The van der Waals surface area contributed by atoms with Gasteiger partial charge in [-0.2, -0.15) is 26.3 Å². The van der Waals surface area contributed by atoms with E-state index in [4.69, 9.17) is 4.74 Å². The van der Waals surface area contributed by atoms with Crippen molar-refractivity contribution in [1.29, 1.82) is 0 Å². The molecule has 36 heavy (non-hydrogen) atoms. The number of rotatable bonds is 6. The molecule has 9 heteroatoms. The number of fused-ring (bicyclic) bond motifs is 1. The van der Waals surface area contributed by atoms with Gasteiger partial charge in [-0.1, -0.05) is 43.5 Å². The Hall–Kier alpha value is -2.45. The van der Waals surface area contributed by atoms with Crippen molar-refractivity contribution in [3.05, 3.63) is 41.5 Å². The summed E-state index contributed by atoms with van der Waals surface area (Å²) in [4.78, 5) is 12.0. The van der Waals surface area contributed by atoms with Crippen LogP contribution >= 0.6 is 0 Å². The molecule has 0 spiro atoms. The SMILES string of the molecule is O=C(O)C1(CCc2cccc3c(C(F)(F)F)c(OC4CCC(C(F)(F)F)CC4)ccc23)CCCCC1. The second-order valence-electron chi connectivity index (χ2n) is 10.2. The highest BCUT2D eigenvalue weighted by Gasteiger charge is 2.43. The molecule has 2 aliphatic carbocycles. The quantitative estimate of drug-likeness (QED) is 0.393. The third-order valence-electron chi connectivity index (χ3n) is 7.96. The Bertz CT molecular complexity index is 1080. The first kappa shape index (κ1) is 26.6. The molecule has 0 radical (unpaired) electrons. The van der Waals surface area contributed by atoms with Gasteiger partial charge in [0.25, 0.3) is 0 Å². The summed E-state index contributed by atoms with van der Waals surface area (Å²) in [6, 6.07) is 7.41. The first-order chi connectivity index (χ1) is 16.9. The third kappa shape index (κ3) is 5.59. The number of ether oxygens (including phenoxy) is 1. The number of alkyl halides is 6. The molecular formula is C27H30F6O3. The van der Waals surface area contributed by atoms with Crippen LogP contribution in [0.15, 0.2) is 30.3 Å². The van der Waals surface area contributed by atoms with Crippen LogP contribution in [-0.4, -0.2) is 23.4 Å². The largest absolute Gasteiger partial charge is 0.490 e. The fraction of sp³-hybridized carbons (Fsp3) is 0.593. The molecule has 2 fully saturated rings. The number of carboxylic acids is 1. The van der Waals surface area contributed by atoms with Crippen molar-refractivity contribution in [2.75, 3.05) is 0 Å². The van der Waals surface area contributed by atoms with Crippen molar-refractivity contribution in [2.45, 2.75) is 89.1 Å². The van der Waals surface area contributed by atoms with Gasteiger partial charge in [0.15, 0.2) is 0 Å². The van der Waals surface area contributed by atoms with Crippen LogP contribution in [-0.2, 0) is 17.4 Å². The van der Waals surface area contributed by atoms with Crippen molar-refractivity contribution in [3.63, 3.8) is 0 Å². The van der Waals surface area contributed by atoms with Gasteiger partial charge in [0, 0.05) is 0 Å². The highest BCUT2D eigenvalue weighted by molar-refractivity contribution is 5.91. The smallest absolute Gasteiger partial charge is 0.420 e. The molecule has 0 bridgehead atoms. The van der Waals surface area contributed by atoms with Crippen LogP contribution in [0.25, 0.3) is 10.8 Å². The maximum absolute atomic E-state index is 14.2. The monoisotopic (exact) mass is 516 g/mol. The summed E-state index contributed by atoms with van der Waals surface area (Å²) in [5.74, 6) is -2.68. The first-order valence-electron chi connectivity index (χ1n) is 12.5. The van der Waals surface area contributed by atoms with E-state index in [9.17, 15) is 36.2 Å². The predicted octanol–water partition coefficient (Wildman–Crippen LogP) is 8.33. The Balaban J connectivity index is 1.60. The van der Waals surface area contributed by atoms with Crippen LogP contribution < -0.4 is 4.74 Å². The summed E-state index contributed by atoms with van der Waals surface area (Å²) in [7, 11) is 0. The number of aryl methyl sites for hydroxylation is 1. The van der Waals surface area contributed by atoms with Crippen molar-refractivity contribution in [1.82, 2.24) is 0 Å². The first-order valence-corrected chi connectivity index (χ1v) is 12.5. The van der Waals surface area contributed by atoms with Crippen LogP contribution in [0.1, 0.15) is 75.3 Å². The second-order valence-corrected chi connectivity index (χ2v) is 10.2. The minimum Gasteiger partial charge on any atom is -0.490 e. The van der Waals surface area contributed by atoms with Crippen LogP contribution in [0.4, 0.5) is 26.3 Å². The Morgan fingerprint density at radius 3 is 2.17 bits per heavy atom. The van der Waals surface area contributed by atoms with Gasteiger partial charge in [0.2, 0.25) is 0 Å². The maximum atomic E-state index is 14.2. The van der Waals surface area contributed by atoms with E-state index in [0.717, 1.165) is 19.3 Å². The Labute approximate surface area is 205 Å². The van der Waals surface area contributed by atoms with E-state index in [2.05, 4.69) is 0 Å². The van der Waals surface area contributed by atoms with E-state index in [0.29, 0.717) is 36.6 Å². The zero-order valence-corrected chi connectivity index (χ0v) is 19.9. The lowest BCUT2D eigenvalue weighted by Gasteiger charge is -2.33. The van der Waals surface area contributed by atoms with Gasteiger partial charge in [-0.15, -0.1) is 0 Å². The molecule has 0 unspecified atom stereocenters. The zero-order chi connectivity index (χ0) is 26.1. The normalized spacial score (nSPS) is 22.9. The lowest BCUT2D eigenvalue weighted by Crippen LogP contribution is -2.33. The van der Waals surface area contributed by atoms with E-state index in [-0.39, 0.29) is 36.8 Å². The lowest BCUT2D eigenvalue weighted by atomic mass is 9.70. The Kier molecular flexibility index (Phi) is 7.49. The third-order valence-corrected chi connectivity index (χ3v) is 7.96. The number of hydrogen-bond donors (Lipinski definition) is 1. The van der Waals surface area contributed by atoms with Crippen LogP contribution in [0.2, 0.25) is 0 Å². The molecule has 2 aliphatic rings. The predicted molar refractivity (Wildman–Crippen MR) is 123 cm³/mol. The maximum Gasteiger partial charge on any atom is 0.420 e. The molecule has 2 aromatic carbocycles. The molecule has 0 aromatic heterocycles. The number of carbonyl (C=O) groups is 1. The van der Waals surface area contributed by atoms with Gasteiger partial charge >= 0.3 is 18.3 Å². The van der Waals surface area contributed by atoms with Gasteiger partial charge in [0.05, 0.1) is 17.4 Å². The molecule has 0 heterocycles. The molecule has 2 saturated carbocycles. The Morgan fingerprint density at radius 1 is 0.917 bits per heavy atom. The van der Waals surface area contributed by atoms with Crippen molar-refractivity contribution in [2.24, 2.45) is 11.3 Å². The Morgan fingerprint density at radius 2 is 1.58 bits per heavy atom. The fourth-order valence-corrected chi connectivity index (χ4v) is 5.87. The highest BCUT2D eigenvalue weighted by Crippen LogP contribution is 2.45. The van der Waals surface area contributed by atoms with E-state index >= 15 is 0 Å². The number of halogens is 6. The van der Waals surface area contributed by atoms with E-state index in [1.807, 2.05) is 0 Å². The molecule has 198 valence electrons. The average molecular weight is 517 g/mol. The summed E-state index contributed by atoms with van der Waals surface area (Å²) in [6.07, 6.45) is -5.56.